The second-order valence-corrected chi connectivity index (χ2v) is 6.75. The van der Waals surface area contributed by atoms with Crippen molar-refractivity contribution in [3.63, 3.8) is 0 Å². The molecule has 0 spiro atoms. The number of aromatic nitrogens is 2. The standard InChI is InChI=1S/C15H29N3/c1-7-11-18-12-10-16-13(18)15(5,6)8-9-17-14(2,3)4/h10,12,17H,7-9,11H2,1-6H3. The van der Waals surface area contributed by atoms with Gasteiger partial charge < -0.3 is 9.88 Å². The Morgan fingerprint density at radius 2 is 1.89 bits per heavy atom. The fourth-order valence-corrected chi connectivity index (χ4v) is 2.18. The average Bonchev–Trinajstić information content (AvgIpc) is 2.64. The van der Waals surface area contributed by atoms with Gasteiger partial charge in [-0.05, 0) is 40.2 Å². The van der Waals surface area contributed by atoms with Crippen LogP contribution in [0.25, 0.3) is 0 Å². The zero-order chi connectivity index (χ0) is 13.8. The van der Waals surface area contributed by atoms with Gasteiger partial charge in [0.15, 0.2) is 0 Å². The Morgan fingerprint density at radius 1 is 1.22 bits per heavy atom. The molecule has 0 saturated heterocycles. The van der Waals surface area contributed by atoms with Crippen molar-refractivity contribution in [3.05, 3.63) is 18.2 Å². The van der Waals surface area contributed by atoms with Crippen LogP contribution >= 0.6 is 0 Å². The molecule has 0 radical (unpaired) electrons. The van der Waals surface area contributed by atoms with Gasteiger partial charge >= 0.3 is 0 Å². The molecule has 0 bridgehead atoms. The minimum Gasteiger partial charge on any atom is -0.335 e. The lowest BCUT2D eigenvalue weighted by Crippen LogP contribution is -2.39. The van der Waals surface area contributed by atoms with Crippen LogP contribution in [-0.2, 0) is 12.0 Å². The van der Waals surface area contributed by atoms with E-state index in [1.54, 1.807) is 0 Å². The molecule has 1 N–H and O–H groups in total. The van der Waals surface area contributed by atoms with Crippen LogP contribution in [0, 0.1) is 0 Å². The SMILES string of the molecule is CCCn1ccnc1C(C)(C)CCNC(C)(C)C. The highest BCUT2D eigenvalue weighted by Gasteiger charge is 2.25. The van der Waals surface area contributed by atoms with E-state index >= 15 is 0 Å². The summed E-state index contributed by atoms with van der Waals surface area (Å²) in [5.74, 6) is 1.21. The van der Waals surface area contributed by atoms with Crippen LogP contribution in [0.3, 0.4) is 0 Å². The summed E-state index contributed by atoms with van der Waals surface area (Å²) in [4.78, 5) is 4.56. The molecular formula is C15H29N3. The lowest BCUT2D eigenvalue weighted by Gasteiger charge is -2.28. The van der Waals surface area contributed by atoms with Gasteiger partial charge in [-0.3, -0.25) is 0 Å². The van der Waals surface area contributed by atoms with Crippen LogP contribution in [0.2, 0.25) is 0 Å². The van der Waals surface area contributed by atoms with E-state index in [2.05, 4.69) is 62.6 Å². The Labute approximate surface area is 112 Å². The van der Waals surface area contributed by atoms with Crippen LogP contribution < -0.4 is 5.32 Å². The maximum atomic E-state index is 4.56. The fourth-order valence-electron chi connectivity index (χ4n) is 2.18. The van der Waals surface area contributed by atoms with Gasteiger partial charge in [0.2, 0.25) is 0 Å². The van der Waals surface area contributed by atoms with Crippen molar-refractivity contribution in [1.29, 1.82) is 0 Å². The van der Waals surface area contributed by atoms with Gasteiger partial charge in [-0.2, -0.15) is 0 Å². The molecule has 0 fully saturated rings. The lowest BCUT2D eigenvalue weighted by atomic mass is 9.87. The monoisotopic (exact) mass is 251 g/mol. The Bertz CT molecular complexity index is 358. The summed E-state index contributed by atoms with van der Waals surface area (Å²) in [5, 5.41) is 3.55. The van der Waals surface area contributed by atoms with E-state index in [9.17, 15) is 0 Å². The van der Waals surface area contributed by atoms with Crippen molar-refractivity contribution in [3.8, 4) is 0 Å². The van der Waals surface area contributed by atoms with Gasteiger partial charge in [0.1, 0.15) is 5.82 Å². The molecule has 1 heterocycles. The molecule has 0 atom stereocenters. The van der Waals surface area contributed by atoms with Crippen molar-refractivity contribution in [2.24, 2.45) is 0 Å². The number of nitrogens with zero attached hydrogens (tertiary/aromatic N) is 2. The average molecular weight is 251 g/mol. The number of hydrogen-bond donors (Lipinski definition) is 1. The molecule has 1 rings (SSSR count). The van der Waals surface area contributed by atoms with E-state index in [1.807, 2.05) is 6.20 Å². The van der Waals surface area contributed by atoms with Crippen molar-refractivity contribution < 1.29 is 0 Å². The number of hydrogen-bond acceptors (Lipinski definition) is 2. The van der Waals surface area contributed by atoms with E-state index in [4.69, 9.17) is 0 Å². The maximum Gasteiger partial charge on any atom is 0.114 e. The van der Waals surface area contributed by atoms with Crippen LogP contribution in [0.4, 0.5) is 0 Å². The Hall–Kier alpha value is -0.830. The van der Waals surface area contributed by atoms with Crippen LogP contribution in [0.15, 0.2) is 12.4 Å². The number of imidazole rings is 1. The predicted molar refractivity (Wildman–Crippen MR) is 77.9 cm³/mol. The molecule has 3 heteroatoms. The van der Waals surface area contributed by atoms with E-state index < -0.39 is 0 Å². The summed E-state index contributed by atoms with van der Waals surface area (Å²) >= 11 is 0. The highest BCUT2D eigenvalue weighted by molar-refractivity contribution is 5.07. The second kappa shape index (κ2) is 5.87. The third-order valence-corrected chi connectivity index (χ3v) is 3.19. The van der Waals surface area contributed by atoms with E-state index in [0.29, 0.717) is 0 Å². The van der Waals surface area contributed by atoms with Crippen LogP contribution in [0.1, 0.15) is 60.2 Å². The number of aryl methyl sites for hydroxylation is 1. The quantitative estimate of drug-likeness (QED) is 0.840. The molecule has 1 aromatic heterocycles. The van der Waals surface area contributed by atoms with Gasteiger partial charge in [0.05, 0.1) is 0 Å². The van der Waals surface area contributed by atoms with Gasteiger partial charge in [0.25, 0.3) is 0 Å². The first-order valence-corrected chi connectivity index (χ1v) is 7.03. The summed E-state index contributed by atoms with van der Waals surface area (Å²) in [6.45, 7) is 15.5. The molecule has 0 aliphatic carbocycles. The summed E-state index contributed by atoms with van der Waals surface area (Å²) in [5.41, 5.74) is 0.311. The van der Waals surface area contributed by atoms with Gasteiger partial charge in [-0.15, -0.1) is 0 Å². The largest absolute Gasteiger partial charge is 0.335 e. The molecule has 0 amide bonds. The topological polar surface area (TPSA) is 29.9 Å². The van der Waals surface area contributed by atoms with Gasteiger partial charge in [-0.25, -0.2) is 4.98 Å². The molecule has 3 nitrogen and oxygen atoms in total. The molecule has 18 heavy (non-hydrogen) atoms. The first kappa shape index (κ1) is 15.2. The molecule has 0 saturated carbocycles. The molecule has 0 aromatic carbocycles. The third-order valence-electron chi connectivity index (χ3n) is 3.19. The highest BCUT2D eigenvalue weighted by Crippen LogP contribution is 2.25. The Balaban J connectivity index is 2.64. The van der Waals surface area contributed by atoms with Crippen molar-refractivity contribution >= 4 is 0 Å². The van der Waals surface area contributed by atoms with E-state index in [0.717, 1.165) is 25.9 Å². The molecule has 0 unspecified atom stereocenters. The first-order chi connectivity index (χ1) is 8.26. The first-order valence-electron chi connectivity index (χ1n) is 7.03. The molecular weight excluding hydrogens is 222 g/mol. The van der Waals surface area contributed by atoms with Crippen molar-refractivity contribution in [1.82, 2.24) is 14.9 Å². The van der Waals surface area contributed by atoms with Crippen LogP contribution in [0.5, 0.6) is 0 Å². The molecule has 0 aliphatic heterocycles. The zero-order valence-corrected chi connectivity index (χ0v) is 12.9. The smallest absolute Gasteiger partial charge is 0.114 e. The predicted octanol–water partition coefficient (Wildman–Crippen LogP) is 3.35. The molecule has 1 aromatic rings. The number of rotatable bonds is 6. The maximum absolute atomic E-state index is 4.56. The summed E-state index contributed by atoms with van der Waals surface area (Å²) in [7, 11) is 0. The van der Waals surface area contributed by atoms with Crippen molar-refractivity contribution in [2.45, 2.75) is 71.9 Å². The minimum absolute atomic E-state index is 0.122. The minimum atomic E-state index is 0.122. The van der Waals surface area contributed by atoms with E-state index in [1.165, 1.54) is 5.82 Å². The lowest BCUT2D eigenvalue weighted by molar-refractivity contribution is 0.362. The Kier molecular flexibility index (Phi) is 4.97. The summed E-state index contributed by atoms with van der Waals surface area (Å²) in [6, 6.07) is 0. The van der Waals surface area contributed by atoms with E-state index in [-0.39, 0.29) is 11.0 Å². The van der Waals surface area contributed by atoms with Gasteiger partial charge in [0, 0.05) is 29.9 Å². The molecule has 0 aliphatic rings. The Morgan fingerprint density at radius 3 is 2.44 bits per heavy atom. The second-order valence-electron chi connectivity index (χ2n) is 6.75. The zero-order valence-electron chi connectivity index (χ0n) is 12.9. The fraction of sp³-hybridized carbons (Fsp3) is 0.800. The summed E-state index contributed by atoms with van der Waals surface area (Å²) < 4.78 is 2.29. The highest BCUT2D eigenvalue weighted by atomic mass is 15.1. The normalized spacial score (nSPS) is 13.0. The van der Waals surface area contributed by atoms with Crippen LogP contribution in [-0.4, -0.2) is 21.6 Å². The van der Waals surface area contributed by atoms with Gasteiger partial charge in [-0.1, -0.05) is 20.8 Å². The summed E-state index contributed by atoms with van der Waals surface area (Å²) in [6.07, 6.45) is 6.27. The molecule has 104 valence electrons. The number of nitrogens with one attached hydrogen (secondary N) is 1. The third kappa shape index (κ3) is 4.45. The van der Waals surface area contributed by atoms with Crippen molar-refractivity contribution in [2.75, 3.05) is 6.54 Å².